The Morgan fingerprint density at radius 1 is 0.523 bits per heavy atom. The van der Waals surface area contributed by atoms with Gasteiger partial charge in [-0.1, -0.05) is 58.0 Å². The molecule has 33 heteroatoms. The van der Waals surface area contributed by atoms with Crippen molar-refractivity contribution in [1.82, 2.24) is 102 Å². The highest BCUT2D eigenvalue weighted by molar-refractivity contribution is 6.33. The Morgan fingerprint density at radius 3 is 1.37 bits per heavy atom. The number of urea groups is 1. The van der Waals surface area contributed by atoms with E-state index < -0.39 is 0 Å². The van der Waals surface area contributed by atoms with Gasteiger partial charge in [0.25, 0.3) is 0 Å². The zero-order valence-electron chi connectivity index (χ0n) is 60.9. The molecule has 0 radical (unpaired) electrons. The molecule has 9 N–H and O–H groups in total. The van der Waals surface area contributed by atoms with E-state index in [1.54, 1.807) is 14.0 Å². The number of carbonyl (C=O) groups excluding carboxylic acids is 3. The highest BCUT2D eigenvalue weighted by Crippen LogP contribution is 2.40. The van der Waals surface area contributed by atoms with Crippen molar-refractivity contribution in [2.75, 3.05) is 124 Å². The monoisotopic (exact) mass is 1550 g/mol. The molecule has 4 fully saturated rings. The molecule has 13 heterocycles. The Labute approximate surface area is 643 Å². The fourth-order valence-corrected chi connectivity index (χ4v) is 16.7. The summed E-state index contributed by atoms with van der Waals surface area (Å²) in [6.07, 6.45) is 14.7. The Hall–Kier alpha value is -9.55. The maximum atomic E-state index is 12.2. The van der Waals surface area contributed by atoms with Crippen LogP contribution in [0.3, 0.4) is 0 Å². The lowest BCUT2D eigenvalue weighted by Gasteiger charge is -2.42. The fourth-order valence-electron chi connectivity index (χ4n) is 15.7. The summed E-state index contributed by atoms with van der Waals surface area (Å²) < 4.78 is 3.98. The van der Waals surface area contributed by atoms with Crippen molar-refractivity contribution in [3.63, 3.8) is 0 Å². The summed E-state index contributed by atoms with van der Waals surface area (Å²) in [6.45, 7) is 18.9. The van der Waals surface area contributed by atoms with Crippen LogP contribution in [0.15, 0.2) is 91.6 Å². The first-order chi connectivity index (χ1) is 51.7. The minimum absolute atomic E-state index is 0.0277. The van der Waals surface area contributed by atoms with Crippen LogP contribution in [0.2, 0.25) is 25.1 Å². The number of carbonyl (C=O) groups is 3. The highest BCUT2D eigenvalue weighted by atomic mass is 35.5. The summed E-state index contributed by atoms with van der Waals surface area (Å²) >= 11 is 31.1. The Morgan fingerprint density at radius 2 is 0.944 bits per heavy atom. The largest absolute Gasteiger partial charge is 0.371 e. The van der Waals surface area contributed by atoms with Gasteiger partial charge in [0.1, 0.15) is 5.54 Å². The number of amides is 4. The van der Waals surface area contributed by atoms with Crippen molar-refractivity contribution in [1.29, 1.82) is 0 Å². The summed E-state index contributed by atoms with van der Waals surface area (Å²) in [4.78, 5) is 50.6. The van der Waals surface area contributed by atoms with E-state index in [9.17, 15) is 14.4 Å². The molecular formula is C74H88Cl5N25O3. The van der Waals surface area contributed by atoms with Crippen LogP contribution in [0.1, 0.15) is 66.5 Å². The number of fused-ring (bicyclic) bond motifs is 7. The molecule has 6 aliphatic rings. The van der Waals surface area contributed by atoms with Crippen molar-refractivity contribution in [3.8, 4) is 0 Å². The molecule has 6 aliphatic heterocycles. The molecule has 0 unspecified atom stereocenters. The average molecular weight is 1550 g/mol. The van der Waals surface area contributed by atoms with Crippen molar-refractivity contribution in [2.45, 2.75) is 84.0 Å². The second kappa shape index (κ2) is 32.1. The molecule has 0 aliphatic carbocycles. The molecule has 28 nitrogen and oxygen atoms in total. The normalized spacial score (nSPS) is 16.7. The molecule has 562 valence electrons. The standard InChI is InChI=1S/C15H18ClN5O.C15H20ClN5O.2C15H16ClN5.C14H18ClN5O/c1-20-9-17-14(22)15(20)2-4-21(5-3-15)13-7-10(16)6-12-11(13)8-18-19-12;1-11(22)17-2-3-20-4-6-21(7-5-20)15-9-12(16)8-14-13(15)10-18-19-14;1-9-12-8-21(4-3-14(12)20(2)19-9)15-6-10(16)5-13-11(15)7-17-18-13;1-9-12-8-21(4-3-13(12)19-20(9)2)15-6-10(16)5-14-11(15)7-17-18-14;1-16-14(21)18-10-2-4-20(5-3-10)13-7-9(15)6-12-11(13)8-17-19-12/h6-8H,2-5,9H2,1H3,(H,17,22)(H,18,19);8-10H,2-7H2,1H3,(H,17,22)(H,18,19);2*5-7H,3-4,8H2,1-2H3,(H,17,18);6-8,10H,2-5H2,1H3,(H,17,19)(H2,16,18,21). The van der Waals surface area contributed by atoms with Gasteiger partial charge in [0.15, 0.2) is 0 Å². The van der Waals surface area contributed by atoms with E-state index >= 15 is 0 Å². The van der Waals surface area contributed by atoms with Gasteiger partial charge in [0.2, 0.25) is 11.8 Å². The second-order valence-electron chi connectivity index (χ2n) is 28.1. The number of hydrogen-bond donors (Lipinski definition) is 9. The van der Waals surface area contributed by atoms with Crippen LogP contribution in [-0.4, -0.2) is 209 Å². The van der Waals surface area contributed by atoms with Crippen LogP contribution < -0.4 is 45.8 Å². The number of likely N-dealkylation sites (N-methyl/N-ethyl adjacent to an activating group) is 1. The summed E-state index contributed by atoms with van der Waals surface area (Å²) in [7, 11) is 7.67. The third kappa shape index (κ3) is 16.1. The second-order valence-corrected chi connectivity index (χ2v) is 30.3. The third-order valence-electron chi connectivity index (χ3n) is 21.6. The number of benzene rings is 5. The number of H-pyrrole nitrogens is 5. The van der Waals surface area contributed by atoms with Gasteiger partial charge in [-0.3, -0.25) is 54.2 Å². The van der Waals surface area contributed by atoms with Gasteiger partial charge >= 0.3 is 6.03 Å². The fraction of sp³-hybridized carbons (Fsp3) is 0.405. The molecular weight excluding hydrogens is 1460 g/mol. The van der Waals surface area contributed by atoms with Crippen molar-refractivity contribution < 1.29 is 14.4 Å². The van der Waals surface area contributed by atoms with Crippen LogP contribution in [-0.2, 0) is 49.6 Å². The molecule has 12 aromatic rings. The van der Waals surface area contributed by atoms with Gasteiger partial charge < -0.3 is 45.8 Å². The number of hydrogen-bond acceptors (Lipinski definition) is 17. The smallest absolute Gasteiger partial charge is 0.314 e. The zero-order chi connectivity index (χ0) is 74.8. The van der Waals surface area contributed by atoms with Gasteiger partial charge in [0.05, 0.1) is 76.6 Å². The summed E-state index contributed by atoms with van der Waals surface area (Å²) in [5.41, 5.74) is 17.7. The Bertz CT molecular complexity index is 5100. The predicted molar refractivity (Wildman–Crippen MR) is 426 cm³/mol. The van der Waals surface area contributed by atoms with Crippen LogP contribution in [0.25, 0.3) is 54.5 Å². The zero-order valence-corrected chi connectivity index (χ0v) is 64.6. The van der Waals surface area contributed by atoms with Gasteiger partial charge in [0, 0.05) is 242 Å². The number of piperazine rings is 1. The lowest BCUT2D eigenvalue weighted by molar-refractivity contribution is -0.127. The van der Waals surface area contributed by atoms with E-state index in [-0.39, 0.29) is 29.4 Å². The number of halogens is 5. The first-order valence-electron chi connectivity index (χ1n) is 36.0. The van der Waals surface area contributed by atoms with Crippen molar-refractivity contribution >= 4 is 159 Å². The number of piperidine rings is 2. The van der Waals surface area contributed by atoms with Gasteiger partial charge in [-0.15, -0.1) is 0 Å². The average Bonchev–Trinajstić information content (AvgIpc) is 1.67. The van der Waals surface area contributed by atoms with E-state index in [4.69, 9.17) is 58.0 Å². The van der Waals surface area contributed by atoms with E-state index in [1.165, 1.54) is 28.2 Å². The highest BCUT2D eigenvalue weighted by Gasteiger charge is 2.48. The molecule has 0 bridgehead atoms. The topological polar surface area (TPSA) is 301 Å². The Balaban J connectivity index is 0.000000112. The molecule has 7 aromatic heterocycles. The van der Waals surface area contributed by atoms with Gasteiger partial charge in [-0.2, -0.15) is 35.7 Å². The van der Waals surface area contributed by atoms with E-state index in [0.29, 0.717) is 23.3 Å². The number of nitrogens with zero attached hydrogens (tertiary/aromatic N) is 16. The van der Waals surface area contributed by atoms with Crippen LogP contribution in [0, 0.1) is 13.8 Å². The lowest BCUT2D eigenvalue weighted by Crippen LogP contribution is -2.55. The van der Waals surface area contributed by atoms with Crippen molar-refractivity contribution in [3.05, 3.63) is 151 Å². The Kier molecular flexibility index (Phi) is 22.3. The molecule has 0 atom stereocenters. The maximum Gasteiger partial charge on any atom is 0.314 e. The minimum atomic E-state index is -0.343. The predicted octanol–water partition coefficient (Wildman–Crippen LogP) is 10.8. The molecule has 18 rings (SSSR count). The van der Waals surface area contributed by atoms with E-state index in [0.717, 1.165) is 227 Å². The summed E-state index contributed by atoms with van der Waals surface area (Å²) in [6, 6.07) is 19.6. The number of aromatic nitrogens is 14. The van der Waals surface area contributed by atoms with Crippen LogP contribution in [0.5, 0.6) is 0 Å². The third-order valence-corrected chi connectivity index (χ3v) is 22.7. The lowest BCUT2D eigenvalue weighted by atomic mass is 9.86. The number of rotatable bonds is 9. The quantitative estimate of drug-likeness (QED) is 0.0649. The molecule has 0 saturated carbocycles. The molecule has 5 aromatic carbocycles. The number of nitrogens with one attached hydrogen (secondary N) is 9. The minimum Gasteiger partial charge on any atom is -0.371 e. The maximum absolute atomic E-state index is 12.2. The molecule has 4 saturated heterocycles. The number of aryl methyl sites for hydroxylation is 3. The van der Waals surface area contributed by atoms with Gasteiger partial charge in [-0.05, 0) is 107 Å². The van der Waals surface area contributed by atoms with E-state index in [1.807, 2.05) is 122 Å². The molecule has 107 heavy (non-hydrogen) atoms. The number of aromatic amines is 5. The van der Waals surface area contributed by atoms with E-state index in [2.05, 4.69) is 131 Å². The molecule has 4 amide bonds. The van der Waals surface area contributed by atoms with Gasteiger partial charge in [-0.25, -0.2) is 4.79 Å². The van der Waals surface area contributed by atoms with Crippen LogP contribution >= 0.6 is 58.0 Å². The number of anilines is 5. The summed E-state index contributed by atoms with van der Waals surface area (Å²) in [5, 5.41) is 65.0. The molecule has 1 spiro atoms. The van der Waals surface area contributed by atoms with Crippen molar-refractivity contribution in [2.24, 2.45) is 14.1 Å². The first kappa shape index (κ1) is 74.3. The SMILES string of the molecule is CC(=O)NCCN1CCN(c2cc(Cl)cc3[nH]ncc23)CC1.CN1CNC(=O)C12CCN(c1cc(Cl)cc3[nH]ncc13)CC2.CNC(=O)NC1CCN(c2cc(Cl)cc3[nH]ncc23)CC1.Cc1c2c(nn1C)CCN(c1cc(Cl)cc3[nH]ncc13)C2.Cc1nn(C)c2c1CN(c1cc(Cl)cc3[nH]ncc13)CC2. The first-order valence-corrected chi connectivity index (χ1v) is 37.9. The van der Waals surface area contributed by atoms with Crippen LogP contribution in [0.4, 0.5) is 33.2 Å². The summed E-state index contributed by atoms with van der Waals surface area (Å²) in [5.74, 6) is 0.189.